The zero-order chi connectivity index (χ0) is 11.3. The maximum atomic E-state index is 11.2. The van der Waals surface area contributed by atoms with E-state index in [2.05, 4.69) is 26.0 Å². The molecule has 0 heterocycles. The molecule has 1 rings (SSSR count). The number of ether oxygens (including phenoxy) is 1. The number of hydrogen-bond acceptors (Lipinski definition) is 2. The van der Waals surface area contributed by atoms with Gasteiger partial charge in [0.05, 0.1) is 6.61 Å². The Balaban J connectivity index is 2.61. The van der Waals surface area contributed by atoms with E-state index < -0.39 is 0 Å². The van der Waals surface area contributed by atoms with Gasteiger partial charge in [-0.05, 0) is 43.9 Å². The molecule has 0 N–H and O–H groups in total. The summed E-state index contributed by atoms with van der Waals surface area (Å²) >= 11 is 0. The smallest absolute Gasteiger partial charge is 0.306 e. The van der Waals surface area contributed by atoms with Crippen LogP contribution in [0, 0.1) is 13.8 Å². The van der Waals surface area contributed by atoms with E-state index in [1.807, 2.05) is 13.0 Å². The molecule has 0 radical (unpaired) electrons. The summed E-state index contributed by atoms with van der Waals surface area (Å²) < 4.78 is 4.90. The summed E-state index contributed by atoms with van der Waals surface area (Å²) in [6.45, 7) is 6.45. The highest BCUT2D eigenvalue weighted by molar-refractivity contribution is 5.69. The molecular formula is C13H18O2. The van der Waals surface area contributed by atoms with Crippen LogP contribution in [0.25, 0.3) is 0 Å². The summed E-state index contributed by atoms with van der Waals surface area (Å²) in [6, 6.07) is 6.19. The lowest BCUT2D eigenvalue weighted by atomic mass is 9.99. The minimum Gasteiger partial charge on any atom is -0.466 e. The Morgan fingerprint density at radius 3 is 2.40 bits per heavy atom. The van der Waals surface area contributed by atoms with Crippen molar-refractivity contribution in [3.05, 3.63) is 34.9 Å². The van der Waals surface area contributed by atoms with Gasteiger partial charge in [-0.3, -0.25) is 4.79 Å². The maximum absolute atomic E-state index is 11.2. The Morgan fingerprint density at radius 1 is 1.27 bits per heavy atom. The second kappa shape index (κ2) is 5.54. The van der Waals surface area contributed by atoms with Gasteiger partial charge in [0.25, 0.3) is 0 Å². The van der Waals surface area contributed by atoms with Gasteiger partial charge in [-0.15, -0.1) is 0 Å². The first-order valence-corrected chi connectivity index (χ1v) is 5.36. The highest BCUT2D eigenvalue weighted by atomic mass is 16.5. The minimum atomic E-state index is -0.111. The first-order valence-electron chi connectivity index (χ1n) is 5.36. The Hall–Kier alpha value is -1.31. The Bertz CT molecular complexity index is 322. The molecular weight excluding hydrogens is 188 g/mol. The van der Waals surface area contributed by atoms with E-state index in [4.69, 9.17) is 4.74 Å². The zero-order valence-corrected chi connectivity index (χ0v) is 9.67. The number of benzene rings is 1. The Morgan fingerprint density at radius 2 is 1.87 bits per heavy atom. The quantitative estimate of drug-likeness (QED) is 0.708. The fourth-order valence-electron chi connectivity index (χ4n) is 1.70. The van der Waals surface area contributed by atoms with Crippen molar-refractivity contribution in [2.45, 2.75) is 33.6 Å². The molecule has 15 heavy (non-hydrogen) atoms. The second-order valence-corrected chi connectivity index (χ2v) is 3.68. The van der Waals surface area contributed by atoms with Crippen LogP contribution >= 0.6 is 0 Å². The topological polar surface area (TPSA) is 26.3 Å². The lowest BCUT2D eigenvalue weighted by Gasteiger charge is -2.08. The van der Waals surface area contributed by atoms with Crippen LogP contribution in [0.3, 0.4) is 0 Å². The van der Waals surface area contributed by atoms with Crippen molar-refractivity contribution in [2.24, 2.45) is 0 Å². The highest BCUT2D eigenvalue weighted by Gasteiger charge is 2.06. The average Bonchev–Trinajstić information content (AvgIpc) is 2.17. The number of carbonyl (C=O) groups excluding carboxylic acids is 1. The summed E-state index contributed by atoms with van der Waals surface area (Å²) in [6.07, 6.45) is 1.25. The van der Waals surface area contributed by atoms with Crippen molar-refractivity contribution in [1.29, 1.82) is 0 Å². The van der Waals surface area contributed by atoms with Gasteiger partial charge in [-0.2, -0.15) is 0 Å². The summed E-state index contributed by atoms with van der Waals surface area (Å²) in [7, 11) is 0. The van der Waals surface area contributed by atoms with Crippen molar-refractivity contribution in [1.82, 2.24) is 0 Å². The maximum Gasteiger partial charge on any atom is 0.306 e. The molecule has 0 aliphatic rings. The molecule has 82 valence electrons. The number of carbonyl (C=O) groups is 1. The minimum absolute atomic E-state index is 0.111. The second-order valence-electron chi connectivity index (χ2n) is 3.68. The molecule has 1 aromatic rings. The van der Waals surface area contributed by atoms with Crippen molar-refractivity contribution < 1.29 is 9.53 Å². The molecule has 0 saturated carbocycles. The molecule has 0 bridgehead atoms. The molecule has 0 spiro atoms. The van der Waals surface area contributed by atoms with E-state index in [0.717, 1.165) is 6.42 Å². The van der Waals surface area contributed by atoms with Crippen LogP contribution in [-0.2, 0) is 16.0 Å². The molecule has 2 nitrogen and oxygen atoms in total. The largest absolute Gasteiger partial charge is 0.466 e. The normalized spacial score (nSPS) is 10.1. The molecule has 0 unspecified atom stereocenters. The van der Waals surface area contributed by atoms with E-state index in [0.29, 0.717) is 13.0 Å². The first kappa shape index (κ1) is 11.8. The van der Waals surface area contributed by atoms with Crippen LogP contribution in [0.4, 0.5) is 0 Å². The number of rotatable bonds is 4. The van der Waals surface area contributed by atoms with Crippen LogP contribution in [0.2, 0.25) is 0 Å². The third-order valence-electron chi connectivity index (χ3n) is 2.53. The van der Waals surface area contributed by atoms with Gasteiger partial charge in [0.1, 0.15) is 0 Å². The van der Waals surface area contributed by atoms with Gasteiger partial charge in [0.2, 0.25) is 0 Å². The van der Waals surface area contributed by atoms with Gasteiger partial charge >= 0.3 is 5.97 Å². The van der Waals surface area contributed by atoms with E-state index >= 15 is 0 Å². The Kier molecular flexibility index (Phi) is 4.35. The molecule has 0 aliphatic heterocycles. The van der Waals surface area contributed by atoms with E-state index in [-0.39, 0.29) is 5.97 Å². The molecule has 1 aromatic carbocycles. The molecule has 0 aliphatic carbocycles. The average molecular weight is 206 g/mol. The first-order chi connectivity index (χ1) is 7.15. The third kappa shape index (κ3) is 3.39. The van der Waals surface area contributed by atoms with Crippen molar-refractivity contribution >= 4 is 5.97 Å². The summed E-state index contributed by atoms with van der Waals surface area (Å²) in [5.41, 5.74) is 3.77. The molecule has 0 atom stereocenters. The van der Waals surface area contributed by atoms with Crippen LogP contribution in [-0.4, -0.2) is 12.6 Å². The number of hydrogen-bond donors (Lipinski definition) is 0. The van der Waals surface area contributed by atoms with Crippen LogP contribution in [0.1, 0.15) is 30.0 Å². The molecule has 0 aromatic heterocycles. The van der Waals surface area contributed by atoms with E-state index in [1.54, 1.807) is 0 Å². The van der Waals surface area contributed by atoms with Gasteiger partial charge < -0.3 is 4.74 Å². The summed E-state index contributed by atoms with van der Waals surface area (Å²) in [5, 5.41) is 0. The van der Waals surface area contributed by atoms with Crippen LogP contribution < -0.4 is 0 Å². The summed E-state index contributed by atoms with van der Waals surface area (Å²) in [5.74, 6) is -0.111. The fourth-order valence-corrected chi connectivity index (χ4v) is 1.70. The third-order valence-corrected chi connectivity index (χ3v) is 2.53. The van der Waals surface area contributed by atoms with Crippen LogP contribution in [0.15, 0.2) is 18.2 Å². The highest BCUT2D eigenvalue weighted by Crippen LogP contribution is 2.15. The monoisotopic (exact) mass is 206 g/mol. The molecule has 0 saturated heterocycles. The van der Waals surface area contributed by atoms with Crippen LogP contribution in [0.5, 0.6) is 0 Å². The predicted octanol–water partition coefficient (Wildman–Crippen LogP) is 2.80. The standard InChI is InChI=1S/C13H18O2/c1-4-15-13(14)9-8-12-10(2)6-5-7-11(12)3/h5-7H,4,8-9H2,1-3H3. The number of aryl methyl sites for hydroxylation is 2. The van der Waals surface area contributed by atoms with Gasteiger partial charge in [0, 0.05) is 6.42 Å². The van der Waals surface area contributed by atoms with Gasteiger partial charge in [0.15, 0.2) is 0 Å². The van der Waals surface area contributed by atoms with Gasteiger partial charge in [-0.1, -0.05) is 18.2 Å². The van der Waals surface area contributed by atoms with Crippen molar-refractivity contribution in [3.63, 3.8) is 0 Å². The van der Waals surface area contributed by atoms with E-state index in [1.165, 1.54) is 16.7 Å². The lowest BCUT2D eigenvalue weighted by molar-refractivity contribution is -0.143. The van der Waals surface area contributed by atoms with E-state index in [9.17, 15) is 4.79 Å². The fraction of sp³-hybridized carbons (Fsp3) is 0.462. The van der Waals surface area contributed by atoms with Crippen molar-refractivity contribution in [3.8, 4) is 0 Å². The zero-order valence-electron chi connectivity index (χ0n) is 9.67. The Labute approximate surface area is 91.3 Å². The molecule has 2 heteroatoms. The SMILES string of the molecule is CCOC(=O)CCc1c(C)cccc1C. The molecule has 0 amide bonds. The van der Waals surface area contributed by atoms with Crippen molar-refractivity contribution in [2.75, 3.05) is 6.61 Å². The summed E-state index contributed by atoms with van der Waals surface area (Å²) in [4.78, 5) is 11.2. The predicted molar refractivity (Wildman–Crippen MR) is 60.9 cm³/mol. The molecule has 0 fully saturated rings. The number of esters is 1. The van der Waals surface area contributed by atoms with Gasteiger partial charge in [-0.25, -0.2) is 0 Å². The lowest BCUT2D eigenvalue weighted by Crippen LogP contribution is -2.06.